The van der Waals surface area contributed by atoms with Crippen LogP contribution in [-0.4, -0.2) is 66.2 Å². The molecule has 0 aromatic carbocycles. The molecule has 7 nitrogen and oxygen atoms in total. The average Bonchev–Trinajstić information content (AvgIpc) is 3.08. The van der Waals surface area contributed by atoms with E-state index in [0.717, 1.165) is 31.5 Å². The first-order valence-corrected chi connectivity index (χ1v) is 9.12. The zero-order chi connectivity index (χ0) is 17.9. The van der Waals surface area contributed by atoms with Crippen LogP contribution in [0, 0.1) is 0 Å². The number of ether oxygens (including phenoxy) is 1. The number of aromatic nitrogens is 2. The van der Waals surface area contributed by atoms with Crippen molar-refractivity contribution in [2.45, 2.75) is 50.8 Å². The number of nitrogens with zero attached hydrogens (tertiary/aromatic N) is 4. The summed E-state index contributed by atoms with van der Waals surface area (Å²) in [5.41, 5.74) is 0.261. The SMILES string of the molecule is CN(C)c1ncc(CN2CCOC(C)(C(=O)NC3CCCC3)C2)cn1. The van der Waals surface area contributed by atoms with E-state index in [9.17, 15) is 4.79 Å². The molecular formula is C18H29N5O2. The summed E-state index contributed by atoms with van der Waals surface area (Å²) in [6.45, 7) is 4.58. The summed E-state index contributed by atoms with van der Waals surface area (Å²) in [5.74, 6) is 0.717. The molecule has 2 fully saturated rings. The van der Waals surface area contributed by atoms with Gasteiger partial charge in [0.05, 0.1) is 6.61 Å². The fourth-order valence-corrected chi connectivity index (χ4v) is 3.55. The minimum atomic E-state index is -0.786. The smallest absolute Gasteiger partial charge is 0.253 e. The Morgan fingerprint density at radius 1 is 1.36 bits per heavy atom. The molecule has 2 aliphatic rings. The molecule has 25 heavy (non-hydrogen) atoms. The first-order valence-electron chi connectivity index (χ1n) is 9.12. The van der Waals surface area contributed by atoms with Crippen molar-refractivity contribution in [2.24, 2.45) is 0 Å². The second-order valence-corrected chi connectivity index (χ2v) is 7.53. The van der Waals surface area contributed by atoms with Crippen LogP contribution < -0.4 is 10.2 Å². The van der Waals surface area contributed by atoms with Gasteiger partial charge in [0.2, 0.25) is 5.95 Å². The lowest BCUT2D eigenvalue weighted by molar-refractivity contribution is -0.157. The summed E-state index contributed by atoms with van der Waals surface area (Å²) in [7, 11) is 3.84. The van der Waals surface area contributed by atoms with Crippen LogP contribution in [0.25, 0.3) is 0 Å². The minimum absolute atomic E-state index is 0.0169. The quantitative estimate of drug-likeness (QED) is 0.863. The van der Waals surface area contributed by atoms with Crippen LogP contribution in [0.2, 0.25) is 0 Å². The summed E-state index contributed by atoms with van der Waals surface area (Å²) in [6.07, 6.45) is 8.29. The van der Waals surface area contributed by atoms with Crippen LogP contribution in [0.1, 0.15) is 38.2 Å². The number of nitrogens with one attached hydrogen (secondary N) is 1. The molecule has 0 radical (unpaired) electrons. The average molecular weight is 347 g/mol. The van der Waals surface area contributed by atoms with E-state index in [0.29, 0.717) is 25.1 Å². The van der Waals surface area contributed by atoms with Crippen LogP contribution in [0.15, 0.2) is 12.4 Å². The van der Waals surface area contributed by atoms with E-state index in [1.807, 2.05) is 38.3 Å². The zero-order valence-corrected chi connectivity index (χ0v) is 15.5. The predicted octanol–water partition coefficient (Wildman–Crippen LogP) is 1.19. The van der Waals surface area contributed by atoms with Gasteiger partial charge in [0.15, 0.2) is 5.60 Å². The molecule has 138 valence electrons. The van der Waals surface area contributed by atoms with Gasteiger partial charge in [-0.2, -0.15) is 0 Å². The highest BCUT2D eigenvalue weighted by Gasteiger charge is 2.40. The van der Waals surface area contributed by atoms with Crippen molar-refractivity contribution in [1.82, 2.24) is 20.2 Å². The van der Waals surface area contributed by atoms with Crippen molar-refractivity contribution in [3.63, 3.8) is 0 Å². The highest BCUT2D eigenvalue weighted by molar-refractivity contribution is 5.85. The maximum atomic E-state index is 12.7. The largest absolute Gasteiger partial charge is 0.363 e. The molecule has 1 aromatic heterocycles. The number of anilines is 1. The van der Waals surface area contributed by atoms with Crippen molar-refractivity contribution >= 4 is 11.9 Å². The van der Waals surface area contributed by atoms with E-state index in [1.54, 1.807) is 0 Å². The second-order valence-electron chi connectivity index (χ2n) is 7.53. The summed E-state index contributed by atoms with van der Waals surface area (Å²) in [6, 6.07) is 0.315. The maximum Gasteiger partial charge on any atom is 0.253 e. The van der Waals surface area contributed by atoms with Crippen molar-refractivity contribution < 1.29 is 9.53 Å². The fourth-order valence-electron chi connectivity index (χ4n) is 3.55. The number of carbonyl (C=O) groups is 1. The van der Waals surface area contributed by atoms with E-state index >= 15 is 0 Å². The number of amides is 1. The molecular weight excluding hydrogens is 318 g/mol. The number of rotatable bonds is 5. The summed E-state index contributed by atoms with van der Waals surface area (Å²) in [5, 5.41) is 3.17. The molecule has 1 atom stereocenters. The molecule has 7 heteroatoms. The van der Waals surface area contributed by atoms with Crippen molar-refractivity contribution in [3.05, 3.63) is 18.0 Å². The molecule has 2 heterocycles. The first kappa shape index (κ1) is 18.1. The van der Waals surface area contributed by atoms with Gasteiger partial charge in [0.1, 0.15) is 0 Å². The van der Waals surface area contributed by atoms with Gasteiger partial charge in [-0.15, -0.1) is 0 Å². The molecule has 0 spiro atoms. The Bertz CT molecular complexity index is 586. The number of hydrogen-bond donors (Lipinski definition) is 1. The Labute approximate surface area is 149 Å². The summed E-state index contributed by atoms with van der Waals surface area (Å²) >= 11 is 0. The van der Waals surface area contributed by atoms with Gasteiger partial charge < -0.3 is 15.0 Å². The van der Waals surface area contributed by atoms with Gasteiger partial charge >= 0.3 is 0 Å². The Morgan fingerprint density at radius 2 is 2.04 bits per heavy atom. The van der Waals surface area contributed by atoms with Gasteiger partial charge in [0.25, 0.3) is 5.91 Å². The summed E-state index contributed by atoms with van der Waals surface area (Å²) < 4.78 is 5.86. The van der Waals surface area contributed by atoms with E-state index in [2.05, 4.69) is 20.2 Å². The van der Waals surface area contributed by atoms with E-state index in [-0.39, 0.29) is 5.91 Å². The van der Waals surface area contributed by atoms with Crippen LogP contribution in [0.5, 0.6) is 0 Å². The Morgan fingerprint density at radius 3 is 2.68 bits per heavy atom. The lowest BCUT2D eigenvalue weighted by Crippen LogP contribution is -2.59. The minimum Gasteiger partial charge on any atom is -0.363 e. The van der Waals surface area contributed by atoms with Crippen molar-refractivity contribution in [1.29, 1.82) is 0 Å². The molecule has 1 saturated heterocycles. The fraction of sp³-hybridized carbons (Fsp3) is 0.722. The van der Waals surface area contributed by atoms with Gasteiger partial charge in [-0.1, -0.05) is 12.8 Å². The molecule has 1 aromatic rings. The molecule has 1 N–H and O–H groups in total. The third kappa shape index (κ3) is 4.46. The van der Waals surface area contributed by atoms with Gasteiger partial charge in [0, 0.05) is 57.7 Å². The third-order valence-corrected chi connectivity index (χ3v) is 5.02. The number of carbonyl (C=O) groups excluding carboxylic acids is 1. The van der Waals surface area contributed by atoms with Crippen LogP contribution in [-0.2, 0) is 16.1 Å². The van der Waals surface area contributed by atoms with E-state index in [1.165, 1.54) is 12.8 Å². The van der Waals surface area contributed by atoms with Gasteiger partial charge in [-0.05, 0) is 19.8 Å². The zero-order valence-electron chi connectivity index (χ0n) is 15.5. The van der Waals surface area contributed by atoms with Gasteiger partial charge in [-0.3, -0.25) is 9.69 Å². The molecule has 1 amide bonds. The van der Waals surface area contributed by atoms with Crippen LogP contribution in [0.4, 0.5) is 5.95 Å². The molecule has 1 aliphatic carbocycles. The van der Waals surface area contributed by atoms with E-state index in [4.69, 9.17) is 4.74 Å². The summed E-state index contributed by atoms with van der Waals surface area (Å²) in [4.78, 5) is 25.5. The Hall–Kier alpha value is -1.73. The lowest BCUT2D eigenvalue weighted by atomic mass is 10.0. The number of hydrogen-bond acceptors (Lipinski definition) is 6. The first-order chi connectivity index (χ1) is 12.0. The topological polar surface area (TPSA) is 70.6 Å². The Kier molecular flexibility index (Phi) is 5.54. The monoisotopic (exact) mass is 347 g/mol. The Balaban J connectivity index is 1.58. The lowest BCUT2D eigenvalue weighted by Gasteiger charge is -2.39. The highest BCUT2D eigenvalue weighted by Crippen LogP contribution is 2.23. The van der Waals surface area contributed by atoms with Crippen molar-refractivity contribution in [2.75, 3.05) is 38.7 Å². The second kappa shape index (κ2) is 7.66. The van der Waals surface area contributed by atoms with Crippen LogP contribution >= 0.6 is 0 Å². The molecule has 1 saturated carbocycles. The van der Waals surface area contributed by atoms with Gasteiger partial charge in [-0.25, -0.2) is 9.97 Å². The normalized spacial score (nSPS) is 25.1. The number of morpholine rings is 1. The van der Waals surface area contributed by atoms with Crippen molar-refractivity contribution in [3.8, 4) is 0 Å². The third-order valence-electron chi connectivity index (χ3n) is 5.02. The highest BCUT2D eigenvalue weighted by atomic mass is 16.5. The standard InChI is InChI=1S/C18H29N5O2/c1-18(16(24)21-15-6-4-5-7-15)13-23(8-9-25-18)12-14-10-19-17(20-11-14)22(2)3/h10-11,15H,4-9,12-13H2,1-3H3,(H,21,24). The van der Waals surface area contributed by atoms with E-state index < -0.39 is 5.60 Å². The molecule has 3 rings (SSSR count). The molecule has 1 unspecified atom stereocenters. The maximum absolute atomic E-state index is 12.7. The van der Waals surface area contributed by atoms with Crippen LogP contribution in [0.3, 0.4) is 0 Å². The molecule has 0 bridgehead atoms. The predicted molar refractivity (Wildman–Crippen MR) is 96.4 cm³/mol. The molecule has 1 aliphatic heterocycles.